The largest absolute Gasteiger partial charge is 0.748 e. The number of rotatable bonds is 5. The van der Waals surface area contributed by atoms with Crippen molar-refractivity contribution in [1.82, 2.24) is 5.32 Å². The number of hydrogen-bond donors (Lipinski definition) is 2. The number of sulfone groups is 1. The van der Waals surface area contributed by atoms with Gasteiger partial charge in [0.15, 0.2) is 9.84 Å². The minimum atomic E-state index is -4.81. The van der Waals surface area contributed by atoms with Gasteiger partial charge < -0.3 is 14.8 Å². The lowest BCUT2D eigenvalue weighted by Crippen LogP contribution is -3.12. The maximum atomic E-state index is 12.1. The van der Waals surface area contributed by atoms with Crippen LogP contribution in [0.3, 0.4) is 0 Å². The molecule has 0 aromatic rings. The molecule has 1 amide bonds. The third kappa shape index (κ3) is 4.88. The van der Waals surface area contributed by atoms with Crippen molar-refractivity contribution >= 4 is 25.9 Å². The van der Waals surface area contributed by atoms with Crippen molar-refractivity contribution in [2.45, 2.75) is 43.4 Å². The quantitative estimate of drug-likeness (QED) is 0.524. The molecule has 0 bridgehead atoms. The average molecular weight is 368 g/mol. The summed E-state index contributed by atoms with van der Waals surface area (Å²) in [6.07, 6.45) is 3.65. The molecule has 0 aromatic carbocycles. The van der Waals surface area contributed by atoms with Crippen LogP contribution in [0, 0.1) is 0 Å². The van der Waals surface area contributed by atoms with Gasteiger partial charge in [0.1, 0.15) is 10.1 Å². The van der Waals surface area contributed by atoms with Crippen LogP contribution in [0.5, 0.6) is 0 Å². The van der Waals surface area contributed by atoms with E-state index in [0.717, 1.165) is 25.9 Å². The monoisotopic (exact) mass is 368 g/mol. The summed E-state index contributed by atoms with van der Waals surface area (Å²) in [6.45, 7) is 3.97. The smallest absolute Gasteiger partial charge is 0.226 e. The van der Waals surface area contributed by atoms with E-state index in [4.69, 9.17) is 0 Å². The molecule has 2 fully saturated rings. The molecule has 2 N–H and O–H groups in total. The number of hydrogen-bond acceptors (Lipinski definition) is 6. The first-order chi connectivity index (χ1) is 10.5. The van der Waals surface area contributed by atoms with Crippen LogP contribution in [-0.4, -0.2) is 69.2 Å². The van der Waals surface area contributed by atoms with Gasteiger partial charge in [0.2, 0.25) is 5.91 Å². The Balaban J connectivity index is 1.99. The zero-order chi connectivity index (χ0) is 17.3. The Labute approximate surface area is 137 Å². The Morgan fingerprint density at radius 3 is 2.48 bits per heavy atom. The Kier molecular flexibility index (Phi) is 5.39. The molecule has 2 aliphatic heterocycles. The summed E-state index contributed by atoms with van der Waals surface area (Å²) in [5.41, 5.74) is -1.55. The molecule has 0 unspecified atom stereocenters. The summed E-state index contributed by atoms with van der Waals surface area (Å²) in [6, 6.07) is 0. The highest BCUT2D eigenvalue weighted by molar-refractivity contribution is 7.94. The van der Waals surface area contributed by atoms with Crippen molar-refractivity contribution < 1.29 is 31.1 Å². The zero-order valence-corrected chi connectivity index (χ0v) is 14.8. The van der Waals surface area contributed by atoms with Gasteiger partial charge in [-0.25, -0.2) is 16.8 Å². The maximum absolute atomic E-state index is 12.1. The van der Waals surface area contributed by atoms with Gasteiger partial charge in [-0.05, 0) is 26.2 Å². The van der Waals surface area contributed by atoms with E-state index in [9.17, 15) is 26.2 Å². The molecule has 8 nitrogen and oxygen atoms in total. The van der Waals surface area contributed by atoms with Gasteiger partial charge in [-0.15, -0.1) is 0 Å². The number of carbonyl (C=O) groups is 1. The van der Waals surface area contributed by atoms with Crippen molar-refractivity contribution in [2.75, 3.05) is 31.1 Å². The highest BCUT2D eigenvalue weighted by Crippen LogP contribution is 2.28. The minimum Gasteiger partial charge on any atom is -0.748 e. The predicted molar refractivity (Wildman–Crippen MR) is 82.7 cm³/mol. The van der Waals surface area contributed by atoms with Crippen molar-refractivity contribution in [2.24, 2.45) is 0 Å². The predicted octanol–water partition coefficient (Wildman–Crippen LogP) is -2.34. The number of nitrogens with one attached hydrogen (secondary N) is 2. The van der Waals surface area contributed by atoms with E-state index in [1.807, 2.05) is 0 Å². The molecule has 0 aliphatic carbocycles. The van der Waals surface area contributed by atoms with E-state index in [1.54, 1.807) is 0 Å². The lowest BCUT2D eigenvalue weighted by Gasteiger charge is -2.32. The van der Waals surface area contributed by atoms with Crippen LogP contribution >= 0.6 is 0 Å². The fourth-order valence-electron chi connectivity index (χ4n) is 3.51. The van der Waals surface area contributed by atoms with E-state index in [1.165, 1.54) is 18.2 Å². The molecule has 10 heteroatoms. The van der Waals surface area contributed by atoms with Crippen molar-refractivity contribution in [1.29, 1.82) is 0 Å². The molecule has 2 rings (SSSR count). The van der Waals surface area contributed by atoms with Crippen molar-refractivity contribution in [3.05, 3.63) is 0 Å². The number of likely N-dealkylation sites (tertiary alicyclic amines) is 1. The summed E-state index contributed by atoms with van der Waals surface area (Å²) in [5, 5.41) is 0.863. The number of quaternary nitrogens is 1. The summed E-state index contributed by atoms with van der Waals surface area (Å²) >= 11 is 0. The van der Waals surface area contributed by atoms with E-state index < -0.39 is 48.2 Å². The molecule has 2 atom stereocenters. The second-order valence-electron chi connectivity index (χ2n) is 6.81. The zero-order valence-electron chi connectivity index (χ0n) is 13.2. The number of carbonyl (C=O) groups excluding carboxylic acids is 1. The fraction of sp³-hybridized carbons (Fsp3) is 0.923. The Bertz CT molecular complexity index is 654. The minimum absolute atomic E-state index is 0.191. The third-order valence-corrected chi connectivity index (χ3v) is 8.15. The average Bonchev–Trinajstić information content (AvgIpc) is 2.67. The van der Waals surface area contributed by atoms with E-state index in [0.29, 0.717) is 6.54 Å². The first-order valence-electron chi connectivity index (χ1n) is 7.82. The number of piperidine rings is 1. The molecular weight excluding hydrogens is 344 g/mol. The Morgan fingerprint density at radius 2 is 1.91 bits per heavy atom. The first kappa shape index (κ1) is 18.6. The molecule has 0 spiro atoms. The summed E-state index contributed by atoms with van der Waals surface area (Å²) in [7, 11) is -8.48. The highest BCUT2D eigenvalue weighted by atomic mass is 32.2. The van der Waals surface area contributed by atoms with Gasteiger partial charge in [0.25, 0.3) is 0 Å². The van der Waals surface area contributed by atoms with Gasteiger partial charge in [0.05, 0.1) is 48.3 Å². The van der Waals surface area contributed by atoms with Gasteiger partial charge in [-0.1, -0.05) is 0 Å². The molecule has 0 aromatic heterocycles. The molecule has 23 heavy (non-hydrogen) atoms. The van der Waals surface area contributed by atoms with Gasteiger partial charge >= 0.3 is 0 Å². The summed E-state index contributed by atoms with van der Waals surface area (Å²) in [4.78, 5) is 13.4. The summed E-state index contributed by atoms with van der Waals surface area (Å²) in [5.74, 6) is -1.65. The fourth-order valence-corrected chi connectivity index (χ4v) is 7.82. The van der Waals surface area contributed by atoms with E-state index in [2.05, 4.69) is 5.32 Å². The normalized spacial score (nSPS) is 31.8. The van der Waals surface area contributed by atoms with E-state index in [-0.39, 0.29) is 6.42 Å². The molecule has 2 saturated heterocycles. The molecule has 134 valence electrons. The second-order valence-corrected chi connectivity index (χ2v) is 10.5. The maximum Gasteiger partial charge on any atom is 0.226 e. The SMILES string of the molecule is C[C@]1(NC(=O)CC[NH+]2CCCCC2)CS(=O)(=O)C[C@H]1S(=O)(=O)[O-]. The standard InChI is InChI=1S/C13H24N2O6S2/c1-13(10-22(17,18)9-11(13)23(19,20)21)14-12(16)5-8-15-6-3-2-4-7-15/h11H,2-10H2,1H3,(H,14,16)(H,19,20,21)/t11-,13+/m1/s1. The first-order valence-corrected chi connectivity index (χ1v) is 11.1. The topological polar surface area (TPSA) is 125 Å². The Morgan fingerprint density at radius 1 is 1.30 bits per heavy atom. The molecule has 2 heterocycles. The molecule has 0 saturated carbocycles. The van der Waals surface area contributed by atoms with Crippen LogP contribution in [0.25, 0.3) is 0 Å². The number of amides is 1. The van der Waals surface area contributed by atoms with Gasteiger partial charge in [-0.3, -0.25) is 4.79 Å². The lowest BCUT2D eigenvalue weighted by atomic mass is 10.0. The van der Waals surface area contributed by atoms with E-state index >= 15 is 0 Å². The van der Waals surface area contributed by atoms with Crippen LogP contribution in [0.2, 0.25) is 0 Å². The summed E-state index contributed by atoms with van der Waals surface area (Å²) < 4.78 is 57.5. The van der Waals surface area contributed by atoms with Crippen LogP contribution in [-0.2, 0) is 24.7 Å². The Hall–Kier alpha value is -0.710. The lowest BCUT2D eigenvalue weighted by molar-refractivity contribution is -0.904. The van der Waals surface area contributed by atoms with Crippen molar-refractivity contribution in [3.63, 3.8) is 0 Å². The molecular formula is C13H24N2O6S2. The van der Waals surface area contributed by atoms with Crippen LogP contribution in [0.4, 0.5) is 0 Å². The van der Waals surface area contributed by atoms with Crippen molar-refractivity contribution in [3.8, 4) is 0 Å². The van der Waals surface area contributed by atoms with Crippen LogP contribution in [0.1, 0.15) is 32.6 Å². The third-order valence-electron chi connectivity index (χ3n) is 4.68. The van der Waals surface area contributed by atoms with Gasteiger partial charge in [-0.2, -0.15) is 0 Å². The van der Waals surface area contributed by atoms with Gasteiger partial charge in [0, 0.05) is 0 Å². The second kappa shape index (κ2) is 6.66. The van der Waals surface area contributed by atoms with Crippen LogP contribution in [0.15, 0.2) is 0 Å². The highest BCUT2D eigenvalue weighted by Gasteiger charge is 2.51. The van der Waals surface area contributed by atoms with Crippen LogP contribution < -0.4 is 10.2 Å². The molecule has 2 aliphatic rings. The molecule has 0 radical (unpaired) electrons.